The standard InChI is InChI=1S/C19H22O/c1-13-5-6-15(3)18(9-13)12-19(20)11-17-8-7-14(2)16(4)10-17/h5-10H,11-12H2,1-4H3. The van der Waals surface area contributed by atoms with E-state index >= 15 is 0 Å². The molecule has 104 valence electrons. The van der Waals surface area contributed by atoms with Crippen LogP contribution < -0.4 is 0 Å². The molecule has 0 aliphatic heterocycles. The van der Waals surface area contributed by atoms with E-state index in [1.807, 2.05) is 0 Å². The lowest BCUT2D eigenvalue weighted by Gasteiger charge is -2.08. The average Bonchev–Trinajstić information content (AvgIpc) is 2.38. The van der Waals surface area contributed by atoms with Crippen molar-refractivity contribution in [3.63, 3.8) is 0 Å². The maximum Gasteiger partial charge on any atom is 0.141 e. The molecule has 0 aromatic heterocycles. The lowest BCUT2D eigenvalue weighted by atomic mass is 9.97. The lowest BCUT2D eigenvalue weighted by molar-refractivity contribution is -0.117. The second-order valence-electron chi connectivity index (χ2n) is 5.74. The number of hydrogen-bond acceptors (Lipinski definition) is 1. The molecule has 0 spiro atoms. The van der Waals surface area contributed by atoms with Crippen LogP contribution in [0.15, 0.2) is 36.4 Å². The summed E-state index contributed by atoms with van der Waals surface area (Å²) in [6, 6.07) is 12.6. The highest BCUT2D eigenvalue weighted by Gasteiger charge is 2.08. The van der Waals surface area contributed by atoms with Crippen LogP contribution >= 0.6 is 0 Å². The molecule has 0 N–H and O–H groups in total. The van der Waals surface area contributed by atoms with Gasteiger partial charge in [-0.3, -0.25) is 4.79 Å². The predicted molar refractivity (Wildman–Crippen MR) is 84.2 cm³/mol. The molecule has 0 atom stereocenters. The van der Waals surface area contributed by atoms with Crippen molar-refractivity contribution < 1.29 is 4.79 Å². The fourth-order valence-corrected chi connectivity index (χ4v) is 2.41. The number of benzene rings is 2. The molecule has 0 bridgehead atoms. The van der Waals surface area contributed by atoms with E-state index in [0.29, 0.717) is 12.8 Å². The minimum atomic E-state index is 0.280. The van der Waals surface area contributed by atoms with Gasteiger partial charge in [-0.1, -0.05) is 42.0 Å². The van der Waals surface area contributed by atoms with Gasteiger partial charge in [0, 0.05) is 12.8 Å². The lowest BCUT2D eigenvalue weighted by Crippen LogP contribution is -2.08. The molecule has 0 fully saturated rings. The van der Waals surface area contributed by atoms with Crippen molar-refractivity contribution >= 4 is 5.78 Å². The Morgan fingerprint density at radius 1 is 0.800 bits per heavy atom. The van der Waals surface area contributed by atoms with E-state index in [9.17, 15) is 4.79 Å². The van der Waals surface area contributed by atoms with Crippen molar-refractivity contribution in [2.75, 3.05) is 0 Å². The fraction of sp³-hybridized carbons (Fsp3) is 0.316. The Bertz CT molecular complexity index is 638. The molecule has 0 aliphatic rings. The predicted octanol–water partition coefficient (Wildman–Crippen LogP) is 4.27. The van der Waals surface area contributed by atoms with Gasteiger partial charge >= 0.3 is 0 Å². The van der Waals surface area contributed by atoms with Crippen LogP contribution in [0, 0.1) is 27.7 Å². The molecule has 0 unspecified atom stereocenters. The maximum atomic E-state index is 12.2. The fourth-order valence-electron chi connectivity index (χ4n) is 2.41. The third-order valence-electron chi connectivity index (χ3n) is 3.86. The first-order chi connectivity index (χ1) is 9.45. The van der Waals surface area contributed by atoms with Crippen molar-refractivity contribution in [2.45, 2.75) is 40.5 Å². The van der Waals surface area contributed by atoms with E-state index < -0.39 is 0 Å². The highest BCUT2D eigenvalue weighted by atomic mass is 16.1. The van der Waals surface area contributed by atoms with Crippen LogP contribution in [0.4, 0.5) is 0 Å². The molecule has 0 saturated carbocycles. The molecule has 20 heavy (non-hydrogen) atoms. The molecule has 0 saturated heterocycles. The van der Waals surface area contributed by atoms with Crippen molar-refractivity contribution in [1.82, 2.24) is 0 Å². The number of ketones is 1. The smallest absolute Gasteiger partial charge is 0.141 e. The Labute approximate surface area is 121 Å². The van der Waals surface area contributed by atoms with E-state index in [-0.39, 0.29) is 5.78 Å². The van der Waals surface area contributed by atoms with E-state index in [1.165, 1.54) is 22.3 Å². The van der Waals surface area contributed by atoms with Gasteiger partial charge in [-0.2, -0.15) is 0 Å². The summed E-state index contributed by atoms with van der Waals surface area (Å²) in [4.78, 5) is 12.2. The largest absolute Gasteiger partial charge is 0.299 e. The molecule has 1 heteroatoms. The van der Waals surface area contributed by atoms with Crippen molar-refractivity contribution in [3.8, 4) is 0 Å². The molecule has 1 nitrogen and oxygen atoms in total. The van der Waals surface area contributed by atoms with Crippen molar-refractivity contribution in [1.29, 1.82) is 0 Å². The summed E-state index contributed by atoms with van der Waals surface area (Å²) in [7, 11) is 0. The van der Waals surface area contributed by atoms with Crippen LogP contribution in [0.3, 0.4) is 0 Å². The number of carbonyl (C=O) groups is 1. The minimum Gasteiger partial charge on any atom is -0.299 e. The van der Waals surface area contributed by atoms with Crippen LogP contribution in [0.5, 0.6) is 0 Å². The van der Waals surface area contributed by atoms with Gasteiger partial charge < -0.3 is 0 Å². The van der Waals surface area contributed by atoms with Gasteiger partial charge in [-0.15, -0.1) is 0 Å². The first-order valence-corrected chi connectivity index (χ1v) is 7.09. The highest BCUT2D eigenvalue weighted by Crippen LogP contribution is 2.14. The topological polar surface area (TPSA) is 17.1 Å². The zero-order valence-electron chi connectivity index (χ0n) is 12.8. The SMILES string of the molecule is Cc1ccc(C)c(CC(=O)Cc2ccc(C)c(C)c2)c1. The molecule has 2 rings (SSSR count). The Morgan fingerprint density at radius 2 is 1.50 bits per heavy atom. The maximum absolute atomic E-state index is 12.2. The summed E-state index contributed by atoms with van der Waals surface area (Å²) in [6.07, 6.45) is 1.05. The Morgan fingerprint density at radius 3 is 2.20 bits per heavy atom. The second kappa shape index (κ2) is 6.04. The number of aryl methyl sites for hydroxylation is 4. The Hall–Kier alpha value is -1.89. The molecule has 0 radical (unpaired) electrons. The summed E-state index contributed by atoms with van der Waals surface area (Å²) in [5.74, 6) is 0.280. The van der Waals surface area contributed by atoms with E-state index in [2.05, 4.69) is 64.1 Å². The van der Waals surface area contributed by atoms with Gasteiger partial charge in [0.1, 0.15) is 5.78 Å². The molecule has 0 heterocycles. The summed E-state index contributed by atoms with van der Waals surface area (Å²) in [6.45, 7) is 8.32. The van der Waals surface area contributed by atoms with Crippen LogP contribution in [0.25, 0.3) is 0 Å². The molecule has 2 aromatic carbocycles. The first kappa shape index (κ1) is 14.5. The van der Waals surface area contributed by atoms with Crippen LogP contribution in [-0.2, 0) is 17.6 Å². The zero-order valence-corrected chi connectivity index (χ0v) is 12.8. The van der Waals surface area contributed by atoms with Crippen molar-refractivity contribution in [3.05, 3.63) is 69.8 Å². The van der Waals surface area contributed by atoms with Gasteiger partial charge in [0.25, 0.3) is 0 Å². The monoisotopic (exact) mass is 266 g/mol. The third-order valence-corrected chi connectivity index (χ3v) is 3.86. The Kier molecular flexibility index (Phi) is 4.39. The summed E-state index contributed by atoms with van der Waals surface area (Å²) in [5, 5.41) is 0. The number of carbonyl (C=O) groups excluding carboxylic acids is 1. The second-order valence-corrected chi connectivity index (χ2v) is 5.74. The van der Waals surface area contributed by atoms with Crippen LogP contribution in [0.1, 0.15) is 33.4 Å². The molecule has 2 aromatic rings. The minimum absolute atomic E-state index is 0.280. The van der Waals surface area contributed by atoms with E-state index in [4.69, 9.17) is 0 Å². The van der Waals surface area contributed by atoms with Crippen molar-refractivity contribution in [2.24, 2.45) is 0 Å². The van der Waals surface area contributed by atoms with E-state index in [1.54, 1.807) is 0 Å². The highest BCUT2D eigenvalue weighted by molar-refractivity contribution is 5.83. The van der Waals surface area contributed by atoms with Gasteiger partial charge in [0.15, 0.2) is 0 Å². The Balaban J connectivity index is 2.09. The first-order valence-electron chi connectivity index (χ1n) is 7.09. The van der Waals surface area contributed by atoms with Gasteiger partial charge in [0.05, 0.1) is 0 Å². The van der Waals surface area contributed by atoms with Crippen LogP contribution in [-0.4, -0.2) is 5.78 Å². The molecular formula is C19H22O. The third kappa shape index (κ3) is 3.57. The molecular weight excluding hydrogens is 244 g/mol. The van der Waals surface area contributed by atoms with Gasteiger partial charge in [-0.25, -0.2) is 0 Å². The van der Waals surface area contributed by atoms with Crippen LogP contribution in [0.2, 0.25) is 0 Å². The quantitative estimate of drug-likeness (QED) is 0.807. The summed E-state index contributed by atoms with van der Waals surface area (Å²) >= 11 is 0. The normalized spacial score (nSPS) is 10.6. The molecule has 0 amide bonds. The van der Waals surface area contributed by atoms with E-state index in [0.717, 1.165) is 11.1 Å². The average molecular weight is 266 g/mol. The summed E-state index contributed by atoms with van der Waals surface area (Å²) < 4.78 is 0. The number of hydrogen-bond donors (Lipinski definition) is 0. The van der Waals surface area contributed by atoms with Gasteiger partial charge in [-0.05, 0) is 55.5 Å². The molecule has 0 aliphatic carbocycles. The zero-order chi connectivity index (χ0) is 14.7. The number of Topliss-reactive ketones (excluding diaryl/α,β-unsaturated/α-hetero) is 1. The summed E-state index contributed by atoms with van der Waals surface area (Å²) in [5.41, 5.74) is 7.20. The number of rotatable bonds is 4. The van der Waals surface area contributed by atoms with Gasteiger partial charge in [0.2, 0.25) is 0 Å².